The maximum Gasteiger partial charge on any atom is 0.410 e. The smallest absolute Gasteiger partial charge is 0.410 e. The van der Waals surface area contributed by atoms with Gasteiger partial charge in [0.2, 0.25) is 0 Å². The molecule has 2 aliphatic rings. The molecule has 0 unspecified atom stereocenters. The number of aromatic nitrogens is 1. The molecule has 7 nitrogen and oxygen atoms in total. The summed E-state index contributed by atoms with van der Waals surface area (Å²) in [5.74, 6) is 1.28. The van der Waals surface area contributed by atoms with Gasteiger partial charge in [0, 0.05) is 32.1 Å². The summed E-state index contributed by atoms with van der Waals surface area (Å²) in [6, 6.07) is 27.6. The zero-order valence-electron chi connectivity index (χ0n) is 25.9. The number of likely N-dealkylation sites (tertiary alicyclic amines) is 1. The van der Waals surface area contributed by atoms with E-state index >= 15 is 0 Å². The van der Waals surface area contributed by atoms with Gasteiger partial charge in [0.25, 0.3) is 0 Å². The molecule has 45 heavy (non-hydrogen) atoms. The fourth-order valence-electron chi connectivity index (χ4n) is 6.19. The van der Waals surface area contributed by atoms with E-state index in [1.165, 1.54) is 11.1 Å². The summed E-state index contributed by atoms with van der Waals surface area (Å²) in [5, 5.41) is 0. The van der Waals surface area contributed by atoms with Crippen LogP contribution in [0.2, 0.25) is 0 Å². The molecular weight excluding hydrogens is 584 g/mol. The van der Waals surface area contributed by atoms with Crippen LogP contribution in [0.5, 0.6) is 5.75 Å². The van der Waals surface area contributed by atoms with E-state index in [0.717, 1.165) is 53.7 Å². The SMILES string of the molecule is CC(C)c1ccc(COC(=O)N2CCC3(CCc4cc(-c5ccc(CS(=O)(=O)Cc6ccccn6)cc5)ccc4O3)CC2)cc1. The normalized spacial score (nSPS) is 15.8. The number of piperidine rings is 1. The van der Waals surface area contributed by atoms with E-state index in [2.05, 4.69) is 43.1 Å². The molecule has 3 heterocycles. The van der Waals surface area contributed by atoms with Gasteiger partial charge in [-0.05, 0) is 76.4 Å². The first-order chi connectivity index (χ1) is 21.7. The molecule has 1 fully saturated rings. The van der Waals surface area contributed by atoms with E-state index in [4.69, 9.17) is 9.47 Å². The lowest BCUT2D eigenvalue weighted by molar-refractivity contribution is -0.0150. The second kappa shape index (κ2) is 13.1. The third-order valence-electron chi connectivity index (χ3n) is 8.95. The highest BCUT2D eigenvalue weighted by Gasteiger charge is 2.40. The Morgan fingerprint density at radius 2 is 1.60 bits per heavy atom. The number of benzene rings is 3. The maximum atomic E-state index is 12.8. The Balaban J connectivity index is 1.02. The molecule has 0 radical (unpaired) electrons. The maximum absolute atomic E-state index is 12.8. The van der Waals surface area contributed by atoms with Crippen LogP contribution in [0.25, 0.3) is 11.1 Å². The van der Waals surface area contributed by atoms with Crippen molar-refractivity contribution in [3.8, 4) is 16.9 Å². The number of rotatable bonds is 8. The molecule has 234 valence electrons. The lowest BCUT2D eigenvalue weighted by Crippen LogP contribution is -2.51. The van der Waals surface area contributed by atoms with Crippen molar-refractivity contribution in [1.82, 2.24) is 9.88 Å². The average Bonchev–Trinajstić information content (AvgIpc) is 3.04. The van der Waals surface area contributed by atoms with Crippen molar-refractivity contribution in [1.29, 1.82) is 0 Å². The topological polar surface area (TPSA) is 85.8 Å². The number of hydrogen-bond acceptors (Lipinski definition) is 6. The highest BCUT2D eigenvalue weighted by Crippen LogP contribution is 2.41. The largest absolute Gasteiger partial charge is 0.487 e. The summed E-state index contributed by atoms with van der Waals surface area (Å²) < 4.78 is 37.6. The summed E-state index contributed by atoms with van der Waals surface area (Å²) >= 11 is 0. The van der Waals surface area contributed by atoms with Gasteiger partial charge < -0.3 is 14.4 Å². The van der Waals surface area contributed by atoms with Crippen molar-refractivity contribution < 1.29 is 22.7 Å². The summed E-state index contributed by atoms with van der Waals surface area (Å²) in [4.78, 5) is 18.7. The zero-order valence-corrected chi connectivity index (χ0v) is 26.8. The minimum atomic E-state index is -3.33. The monoisotopic (exact) mass is 624 g/mol. The van der Waals surface area contributed by atoms with Gasteiger partial charge in [0.05, 0.1) is 17.2 Å². The number of fused-ring (bicyclic) bond motifs is 1. The fraction of sp³-hybridized carbons (Fsp3) is 0.351. The van der Waals surface area contributed by atoms with Crippen LogP contribution >= 0.6 is 0 Å². The third kappa shape index (κ3) is 7.56. The van der Waals surface area contributed by atoms with Crippen molar-refractivity contribution in [3.05, 3.63) is 119 Å². The minimum absolute atomic E-state index is 0.0225. The Morgan fingerprint density at radius 1 is 0.889 bits per heavy atom. The number of hydrogen-bond donors (Lipinski definition) is 0. The molecule has 0 saturated carbocycles. The lowest BCUT2D eigenvalue weighted by Gasteiger charge is -2.44. The molecular formula is C37H40N2O5S. The average molecular weight is 625 g/mol. The van der Waals surface area contributed by atoms with Gasteiger partial charge in [0.1, 0.15) is 18.0 Å². The Kier molecular flexibility index (Phi) is 8.95. The predicted molar refractivity (Wildman–Crippen MR) is 176 cm³/mol. The molecule has 0 bridgehead atoms. The molecule has 6 rings (SSSR count). The molecule has 1 saturated heterocycles. The van der Waals surface area contributed by atoms with Crippen LogP contribution in [-0.2, 0) is 39.1 Å². The van der Waals surface area contributed by atoms with Crippen LogP contribution in [0.1, 0.15) is 67.0 Å². The number of carbonyl (C=O) groups excluding carboxylic acids is 1. The molecule has 1 spiro atoms. The van der Waals surface area contributed by atoms with E-state index in [1.54, 1.807) is 29.3 Å². The molecule has 8 heteroatoms. The van der Waals surface area contributed by atoms with Gasteiger partial charge in [-0.2, -0.15) is 0 Å². The van der Waals surface area contributed by atoms with Crippen molar-refractivity contribution >= 4 is 15.9 Å². The van der Waals surface area contributed by atoms with E-state index < -0.39 is 9.84 Å². The van der Waals surface area contributed by atoms with Crippen LogP contribution < -0.4 is 4.74 Å². The van der Waals surface area contributed by atoms with Crippen LogP contribution in [0.3, 0.4) is 0 Å². The van der Waals surface area contributed by atoms with E-state index in [0.29, 0.717) is 24.7 Å². The Labute approximate surface area is 266 Å². The first-order valence-corrected chi connectivity index (χ1v) is 17.5. The second-order valence-corrected chi connectivity index (χ2v) is 14.7. The molecule has 1 aromatic heterocycles. The third-order valence-corrected chi connectivity index (χ3v) is 10.5. The summed E-state index contributed by atoms with van der Waals surface area (Å²) in [6.45, 7) is 5.83. The van der Waals surface area contributed by atoms with Crippen molar-refractivity contribution in [3.63, 3.8) is 0 Å². The van der Waals surface area contributed by atoms with Crippen molar-refractivity contribution in [2.45, 2.75) is 69.2 Å². The van der Waals surface area contributed by atoms with E-state index in [9.17, 15) is 13.2 Å². The number of ether oxygens (including phenoxy) is 2. The number of pyridine rings is 1. The Morgan fingerprint density at radius 3 is 2.29 bits per heavy atom. The molecule has 1 amide bonds. The molecule has 0 atom stereocenters. The highest BCUT2D eigenvalue weighted by molar-refractivity contribution is 7.89. The Hall–Kier alpha value is -4.17. The molecule has 4 aromatic rings. The number of aryl methyl sites for hydroxylation is 1. The van der Waals surface area contributed by atoms with Crippen LogP contribution in [0.4, 0.5) is 4.79 Å². The molecule has 2 aliphatic heterocycles. The molecule has 0 aliphatic carbocycles. The van der Waals surface area contributed by atoms with Crippen molar-refractivity contribution in [2.24, 2.45) is 0 Å². The number of carbonyl (C=O) groups is 1. The first kappa shape index (κ1) is 30.8. The number of nitrogens with zero attached hydrogens (tertiary/aromatic N) is 2. The van der Waals surface area contributed by atoms with Gasteiger partial charge in [-0.3, -0.25) is 4.98 Å². The molecule has 0 N–H and O–H groups in total. The van der Waals surface area contributed by atoms with Gasteiger partial charge in [0.15, 0.2) is 9.84 Å². The second-order valence-electron chi connectivity index (χ2n) is 12.6. The summed E-state index contributed by atoms with van der Waals surface area (Å²) in [7, 11) is -3.33. The minimum Gasteiger partial charge on any atom is -0.487 e. The lowest BCUT2D eigenvalue weighted by atomic mass is 9.82. The zero-order chi connectivity index (χ0) is 31.4. The first-order valence-electron chi connectivity index (χ1n) is 15.7. The predicted octanol–water partition coefficient (Wildman–Crippen LogP) is 7.48. The number of amides is 1. The van der Waals surface area contributed by atoms with E-state index in [-0.39, 0.29) is 29.8 Å². The number of sulfone groups is 1. The molecule has 3 aromatic carbocycles. The Bertz CT molecular complexity index is 1730. The van der Waals surface area contributed by atoms with Crippen LogP contribution in [-0.4, -0.2) is 43.1 Å². The van der Waals surface area contributed by atoms with Gasteiger partial charge in [-0.25, -0.2) is 13.2 Å². The summed E-state index contributed by atoms with van der Waals surface area (Å²) in [5.41, 5.74) is 6.60. The van der Waals surface area contributed by atoms with Crippen LogP contribution in [0.15, 0.2) is 91.1 Å². The standard InChI is InChI=1S/C37H40N2O5S/c1-27(2)30-10-6-28(7-11-30)24-43-36(40)39-21-18-37(19-22-39)17-16-33-23-32(14-15-35(33)44-37)31-12-8-29(9-13-31)25-45(41,42)26-34-5-3-4-20-38-34/h3-15,20,23,27H,16-19,21-22,24-26H2,1-2H3. The van der Waals surface area contributed by atoms with E-state index in [1.807, 2.05) is 42.5 Å². The van der Waals surface area contributed by atoms with Gasteiger partial charge >= 0.3 is 6.09 Å². The fourth-order valence-corrected chi connectivity index (χ4v) is 7.62. The van der Waals surface area contributed by atoms with Crippen molar-refractivity contribution in [2.75, 3.05) is 13.1 Å². The summed E-state index contributed by atoms with van der Waals surface area (Å²) in [6.07, 6.45) is 4.70. The quantitative estimate of drug-likeness (QED) is 0.202. The van der Waals surface area contributed by atoms with Gasteiger partial charge in [-0.15, -0.1) is 0 Å². The van der Waals surface area contributed by atoms with Gasteiger partial charge in [-0.1, -0.05) is 74.5 Å². The van der Waals surface area contributed by atoms with Crippen LogP contribution in [0, 0.1) is 0 Å². The highest BCUT2D eigenvalue weighted by atomic mass is 32.2.